The highest BCUT2D eigenvalue weighted by Crippen LogP contribution is 2.32. The van der Waals surface area contributed by atoms with Crippen LogP contribution in [0.2, 0.25) is 0 Å². The summed E-state index contributed by atoms with van der Waals surface area (Å²) in [5.41, 5.74) is 3.00. The minimum atomic E-state index is -0.0857. The third kappa shape index (κ3) is 9.14. The van der Waals surface area contributed by atoms with Gasteiger partial charge in [0.25, 0.3) is 0 Å². The molecule has 0 aromatic rings. The number of nitrogens with zero attached hydrogens (tertiary/aromatic N) is 1. The summed E-state index contributed by atoms with van der Waals surface area (Å²) in [6.07, 6.45) is 21.4. The van der Waals surface area contributed by atoms with Gasteiger partial charge in [-0.1, -0.05) is 77.6 Å². The van der Waals surface area contributed by atoms with Gasteiger partial charge in [0, 0.05) is 6.42 Å². The molecule has 1 aliphatic heterocycles. The molecule has 1 heterocycles. The molecule has 0 spiro atoms. The molecule has 0 aromatic carbocycles. The Morgan fingerprint density at radius 3 is 2.34 bits per heavy atom. The lowest BCUT2D eigenvalue weighted by Gasteiger charge is -2.33. The van der Waals surface area contributed by atoms with E-state index < -0.39 is 0 Å². The van der Waals surface area contributed by atoms with Crippen molar-refractivity contribution in [3.63, 3.8) is 0 Å². The fraction of sp³-hybridized carbons (Fsp3) is 0.792. The molecule has 2 aliphatic rings. The Morgan fingerprint density at radius 1 is 1.03 bits per heavy atom. The Hall–Kier alpha value is -1.65. The lowest BCUT2D eigenvalue weighted by molar-refractivity contribution is -0.126. The van der Waals surface area contributed by atoms with E-state index >= 15 is 0 Å². The van der Waals surface area contributed by atoms with E-state index in [-0.39, 0.29) is 23.7 Å². The summed E-state index contributed by atoms with van der Waals surface area (Å²) < 4.78 is 5.68. The number of rotatable bonds is 14. The first-order chi connectivity index (χ1) is 14.2. The Labute approximate surface area is 176 Å². The first-order valence-electron chi connectivity index (χ1n) is 11.9. The van der Waals surface area contributed by atoms with Crippen LogP contribution in [-0.4, -0.2) is 24.0 Å². The average Bonchev–Trinajstić information content (AvgIpc) is 2.74. The van der Waals surface area contributed by atoms with Crippen LogP contribution >= 0.6 is 0 Å². The van der Waals surface area contributed by atoms with Crippen LogP contribution in [0.15, 0.2) is 16.9 Å². The molecular weight excluding hydrogens is 364 g/mol. The molecular formula is C24H40N2O3. The monoisotopic (exact) mass is 404 g/mol. The molecule has 1 saturated carbocycles. The Balaban J connectivity index is 1.48. The number of ketones is 1. The summed E-state index contributed by atoms with van der Waals surface area (Å²) >= 11 is 0. The molecule has 0 aromatic heterocycles. The smallest absolute Gasteiger partial charge is 0.240 e. The van der Waals surface area contributed by atoms with Crippen molar-refractivity contribution in [1.82, 2.24) is 5.43 Å². The number of unbranched alkanes of at least 4 members (excludes halogenated alkanes) is 10. The van der Waals surface area contributed by atoms with E-state index in [1.54, 1.807) is 0 Å². The Bertz CT molecular complexity index is 556. The zero-order valence-electron chi connectivity index (χ0n) is 18.3. The van der Waals surface area contributed by atoms with Gasteiger partial charge in [-0.2, -0.15) is 5.10 Å². The third-order valence-electron chi connectivity index (χ3n) is 6.09. The summed E-state index contributed by atoms with van der Waals surface area (Å²) in [6.45, 7) is 2.25. The van der Waals surface area contributed by atoms with E-state index in [0.29, 0.717) is 12.0 Å². The second-order valence-corrected chi connectivity index (χ2v) is 8.58. The van der Waals surface area contributed by atoms with Gasteiger partial charge in [0.05, 0.1) is 24.0 Å². The molecule has 2 unspecified atom stereocenters. The van der Waals surface area contributed by atoms with Gasteiger partial charge in [-0.05, 0) is 25.7 Å². The molecule has 1 N–H and O–H groups in total. The van der Waals surface area contributed by atoms with Crippen LogP contribution in [0.4, 0.5) is 0 Å². The third-order valence-corrected chi connectivity index (χ3v) is 6.09. The average molecular weight is 405 g/mol. The van der Waals surface area contributed by atoms with Crippen molar-refractivity contribution in [2.45, 2.75) is 116 Å². The molecule has 29 heavy (non-hydrogen) atoms. The minimum absolute atomic E-state index is 0.0315. The zero-order chi connectivity index (χ0) is 20.7. The maximum atomic E-state index is 12.5. The number of nitrogens with one attached hydrogen (secondary N) is 1. The van der Waals surface area contributed by atoms with Gasteiger partial charge in [-0.25, -0.2) is 5.43 Å². The standard InChI is InChI=1S/C24H40N2O3/c1-2-3-4-5-6-7-8-9-10-11-12-17-23(27)26-25-18-20-19-29-22-16-14-13-15-21(22)24(20)28/h18-19,21-22H,2-17H2,1H3,(H,26,27)/b25-18+. The quantitative estimate of drug-likeness (QED) is 0.225. The summed E-state index contributed by atoms with van der Waals surface area (Å²) in [5.74, 6) is -0.0240. The van der Waals surface area contributed by atoms with Crippen molar-refractivity contribution >= 4 is 17.9 Å². The molecule has 1 fully saturated rings. The van der Waals surface area contributed by atoms with Crippen LogP contribution in [0, 0.1) is 5.92 Å². The Kier molecular flexibility index (Phi) is 11.7. The largest absolute Gasteiger partial charge is 0.496 e. The molecule has 2 rings (SSSR count). The van der Waals surface area contributed by atoms with Crippen LogP contribution in [-0.2, 0) is 14.3 Å². The minimum Gasteiger partial charge on any atom is -0.496 e. The van der Waals surface area contributed by atoms with Crippen LogP contribution in [0.1, 0.15) is 110 Å². The van der Waals surface area contributed by atoms with E-state index in [9.17, 15) is 9.59 Å². The highest BCUT2D eigenvalue weighted by Gasteiger charge is 2.36. The fourth-order valence-corrected chi connectivity index (χ4v) is 4.27. The van der Waals surface area contributed by atoms with E-state index in [0.717, 1.165) is 38.5 Å². The first-order valence-corrected chi connectivity index (χ1v) is 11.9. The van der Waals surface area contributed by atoms with E-state index in [1.165, 1.54) is 70.3 Å². The number of allylic oxidation sites excluding steroid dienone is 1. The van der Waals surface area contributed by atoms with Crippen LogP contribution in [0.25, 0.3) is 0 Å². The number of carbonyl (C=O) groups is 2. The van der Waals surface area contributed by atoms with Gasteiger partial charge in [-0.15, -0.1) is 0 Å². The lowest BCUT2D eigenvalue weighted by Crippen LogP contribution is -2.37. The highest BCUT2D eigenvalue weighted by molar-refractivity contribution is 6.14. The number of ether oxygens (including phenoxy) is 1. The molecule has 5 nitrogen and oxygen atoms in total. The molecule has 5 heteroatoms. The van der Waals surface area contributed by atoms with Gasteiger partial charge in [0.1, 0.15) is 6.10 Å². The number of hydrogen-bond donors (Lipinski definition) is 1. The van der Waals surface area contributed by atoms with E-state index in [1.807, 2.05) is 0 Å². The molecule has 0 saturated heterocycles. The number of Topliss-reactive ketones (excluding diaryl/α,β-unsaturated/α-hetero) is 1. The molecule has 164 valence electrons. The maximum absolute atomic E-state index is 12.5. The van der Waals surface area contributed by atoms with Gasteiger partial charge in [-0.3, -0.25) is 9.59 Å². The van der Waals surface area contributed by atoms with E-state index in [4.69, 9.17) is 4.74 Å². The predicted octanol–water partition coefficient (Wildman–Crippen LogP) is 5.83. The first kappa shape index (κ1) is 23.6. The molecule has 1 amide bonds. The number of amides is 1. The molecule has 0 radical (unpaired) electrons. The Morgan fingerprint density at radius 2 is 1.66 bits per heavy atom. The summed E-state index contributed by atoms with van der Waals surface area (Å²) in [7, 11) is 0. The molecule has 1 aliphatic carbocycles. The second kappa shape index (κ2) is 14.4. The SMILES string of the molecule is CCCCCCCCCCCCCC(=O)N/N=C/C1=COC2CCCCC2C1=O. The predicted molar refractivity (Wildman–Crippen MR) is 118 cm³/mol. The summed E-state index contributed by atoms with van der Waals surface area (Å²) in [6, 6.07) is 0. The van der Waals surface area contributed by atoms with Gasteiger partial charge < -0.3 is 4.74 Å². The van der Waals surface area contributed by atoms with Crippen molar-refractivity contribution in [1.29, 1.82) is 0 Å². The normalized spacial score (nSPS) is 21.6. The van der Waals surface area contributed by atoms with Crippen molar-refractivity contribution in [2.75, 3.05) is 0 Å². The number of fused-ring (bicyclic) bond motifs is 1. The van der Waals surface area contributed by atoms with Crippen LogP contribution in [0.5, 0.6) is 0 Å². The topological polar surface area (TPSA) is 67.8 Å². The van der Waals surface area contributed by atoms with Gasteiger partial charge >= 0.3 is 0 Å². The van der Waals surface area contributed by atoms with E-state index in [2.05, 4.69) is 17.5 Å². The fourth-order valence-electron chi connectivity index (χ4n) is 4.27. The maximum Gasteiger partial charge on any atom is 0.240 e. The van der Waals surface area contributed by atoms with Crippen molar-refractivity contribution in [2.24, 2.45) is 11.0 Å². The number of hydrogen-bond acceptors (Lipinski definition) is 4. The van der Waals surface area contributed by atoms with Crippen molar-refractivity contribution < 1.29 is 14.3 Å². The highest BCUT2D eigenvalue weighted by atomic mass is 16.5. The van der Waals surface area contributed by atoms with Crippen LogP contribution < -0.4 is 5.43 Å². The van der Waals surface area contributed by atoms with Crippen LogP contribution in [0.3, 0.4) is 0 Å². The zero-order valence-corrected chi connectivity index (χ0v) is 18.3. The van der Waals surface area contributed by atoms with Gasteiger partial charge in [0.15, 0.2) is 5.78 Å². The molecule has 0 bridgehead atoms. The lowest BCUT2D eigenvalue weighted by atomic mass is 9.80. The van der Waals surface area contributed by atoms with Crippen molar-refractivity contribution in [3.8, 4) is 0 Å². The summed E-state index contributed by atoms with van der Waals surface area (Å²) in [5, 5.41) is 3.96. The second-order valence-electron chi connectivity index (χ2n) is 8.58. The number of carbonyl (C=O) groups excluding carboxylic acids is 2. The number of hydrazone groups is 1. The summed E-state index contributed by atoms with van der Waals surface area (Å²) in [4.78, 5) is 24.4. The van der Waals surface area contributed by atoms with Gasteiger partial charge in [0.2, 0.25) is 5.91 Å². The molecule has 2 atom stereocenters. The van der Waals surface area contributed by atoms with Crippen molar-refractivity contribution in [3.05, 3.63) is 11.8 Å².